The zero-order chi connectivity index (χ0) is 48.1. The summed E-state index contributed by atoms with van der Waals surface area (Å²) in [5.41, 5.74) is 8.43. The predicted octanol–water partition coefficient (Wildman–Crippen LogP) is 15.6. The minimum absolute atomic E-state index is 0. The van der Waals surface area contributed by atoms with Crippen LogP contribution in [0.2, 0.25) is 0 Å². The third kappa shape index (κ3) is 7.86. The zero-order valence-electron chi connectivity index (χ0n) is 42.1. The van der Waals surface area contributed by atoms with Crippen LogP contribution in [0.5, 0.6) is 0 Å². The molecule has 0 unspecified atom stereocenters. The first kappa shape index (κ1) is 37.4. The zero-order valence-corrected chi connectivity index (χ0v) is 39.5. The average Bonchev–Trinajstić information content (AvgIpc) is 3.88. The Hall–Kier alpha value is -5.94. The summed E-state index contributed by atoms with van der Waals surface area (Å²) in [6.07, 6.45) is 1.71. The number of benzene rings is 7. The van der Waals surface area contributed by atoms with E-state index in [4.69, 9.17) is 16.3 Å². The minimum Gasteiger partial charge on any atom is -0.501 e. The molecule has 0 saturated carbocycles. The van der Waals surface area contributed by atoms with Crippen LogP contribution in [-0.4, -0.2) is 14.5 Å². The van der Waals surface area contributed by atoms with Crippen LogP contribution in [0.4, 0.5) is 4.39 Å². The molecule has 6 heteroatoms. The second kappa shape index (κ2) is 16.2. The van der Waals surface area contributed by atoms with Crippen LogP contribution >= 0.6 is 0 Å². The normalized spacial score (nSPS) is 16.0. The summed E-state index contributed by atoms with van der Waals surface area (Å²) >= 11 is 0. The van der Waals surface area contributed by atoms with Crippen molar-refractivity contribution in [2.24, 2.45) is 5.41 Å². The van der Waals surface area contributed by atoms with E-state index in [0.717, 1.165) is 66.0 Å². The van der Waals surface area contributed by atoms with Gasteiger partial charge in [0.05, 0.1) is 22.4 Å². The van der Waals surface area contributed by atoms with Crippen molar-refractivity contribution in [1.82, 2.24) is 14.5 Å². The van der Waals surface area contributed by atoms with E-state index >= 15 is 0 Å². The van der Waals surface area contributed by atoms with E-state index in [0.29, 0.717) is 16.8 Å². The molecule has 4 nitrogen and oxygen atoms in total. The number of imidazole rings is 1. The van der Waals surface area contributed by atoms with Crippen molar-refractivity contribution in [3.05, 3.63) is 174 Å². The van der Waals surface area contributed by atoms with Gasteiger partial charge in [-0.3, -0.25) is 9.37 Å². The standard InChI is InChI=1S/C31H26NO.C27H26FN2.Ir/c1-19-18-32-28(15-22(19)17-31(2,3)4)25-11-7-10-24-27-14-21-13-12-20-8-5-6-9-23(20)26(21)16-29(27)33-30(24)25;1-26(2)15-16-27(3,4)22-17-20(13-14-21(22)26)30-24-8-6-5-7-23(24)29-25(30)18-9-11-19(28)12-10-18;/h5-10,12-16,18H,17H2,1-4H3;5-9,11-14,17H,15-16H2,1-4H3;/q2*-1;/i1D3,17D2;;. The Labute approximate surface area is 395 Å². The Bertz CT molecular complexity index is 3600. The third-order valence-electron chi connectivity index (χ3n) is 12.6. The summed E-state index contributed by atoms with van der Waals surface area (Å²) in [5.74, 6) is 0.489. The largest absolute Gasteiger partial charge is 0.501 e. The van der Waals surface area contributed by atoms with Crippen LogP contribution in [0.15, 0.2) is 138 Å². The van der Waals surface area contributed by atoms with Gasteiger partial charge in [-0.2, -0.15) is 0 Å². The van der Waals surface area contributed by atoms with E-state index in [1.165, 1.54) is 42.3 Å². The van der Waals surface area contributed by atoms with Gasteiger partial charge in [0.1, 0.15) is 5.58 Å². The number of para-hydroxylation sites is 2. The molecule has 7 aromatic carbocycles. The molecule has 0 bridgehead atoms. The third-order valence-corrected chi connectivity index (χ3v) is 12.6. The second-order valence-electron chi connectivity index (χ2n) is 19.2. The number of furan rings is 1. The van der Waals surface area contributed by atoms with Gasteiger partial charge in [0.2, 0.25) is 0 Å². The number of aromatic nitrogens is 3. The number of nitrogens with zero attached hydrogens (tertiary/aromatic N) is 3. The fraction of sp³-hybridized carbons (Fsp3) is 0.241. The van der Waals surface area contributed by atoms with Crippen molar-refractivity contribution in [2.45, 2.75) is 85.4 Å². The number of fused-ring (bicyclic) bond motifs is 8. The molecular weight excluding hydrogens is 966 g/mol. The van der Waals surface area contributed by atoms with Crippen molar-refractivity contribution in [3.8, 4) is 28.3 Å². The Kier molecular flexibility index (Phi) is 9.50. The molecule has 11 rings (SSSR count). The SMILES string of the molecule is CC1(C)CCC(C)(C)c2cc(-n3c(-c4[c-]cc(F)cc4)nc4ccccc43)ccc21.[2H]C([2H])([2H])c1cnc(-c2[c-]ccc3c2oc2cc4c(ccc5ccccc54)cc23)cc1C([2H])([2H])C(C)(C)C.[Ir]. The molecular formula is C58H52FIrN3O-2. The summed E-state index contributed by atoms with van der Waals surface area (Å²) in [6, 6.07) is 47.8. The Morgan fingerprint density at radius 3 is 2.33 bits per heavy atom. The average molecular weight is 1020 g/mol. The molecule has 64 heavy (non-hydrogen) atoms. The van der Waals surface area contributed by atoms with Crippen LogP contribution < -0.4 is 0 Å². The van der Waals surface area contributed by atoms with Gasteiger partial charge in [0.15, 0.2) is 0 Å². The fourth-order valence-electron chi connectivity index (χ4n) is 9.26. The van der Waals surface area contributed by atoms with Crippen molar-refractivity contribution < 1.29 is 35.8 Å². The molecule has 1 aliphatic carbocycles. The van der Waals surface area contributed by atoms with E-state index in [9.17, 15) is 4.39 Å². The molecule has 0 aliphatic heterocycles. The maximum atomic E-state index is 13.5. The molecule has 0 fully saturated rings. The summed E-state index contributed by atoms with van der Waals surface area (Å²) in [6.45, 7) is 12.1. The molecule has 1 aliphatic rings. The number of halogens is 1. The Morgan fingerprint density at radius 2 is 1.55 bits per heavy atom. The fourth-order valence-corrected chi connectivity index (χ4v) is 9.26. The van der Waals surface area contributed by atoms with Crippen molar-refractivity contribution in [2.75, 3.05) is 0 Å². The summed E-state index contributed by atoms with van der Waals surface area (Å²) < 4.78 is 63.8. The predicted molar refractivity (Wildman–Crippen MR) is 259 cm³/mol. The molecule has 0 atom stereocenters. The quantitative estimate of drug-likeness (QED) is 0.130. The smallest absolute Gasteiger partial charge is 0.121 e. The van der Waals surface area contributed by atoms with Crippen molar-refractivity contribution in [1.29, 1.82) is 0 Å². The molecule has 0 N–H and O–H groups in total. The monoisotopic (exact) mass is 1020 g/mol. The number of hydrogen-bond acceptors (Lipinski definition) is 3. The number of rotatable bonds is 4. The second-order valence-corrected chi connectivity index (χ2v) is 19.2. The molecule has 0 amide bonds. The summed E-state index contributed by atoms with van der Waals surface area (Å²) in [4.78, 5) is 9.35. The van der Waals surface area contributed by atoms with Crippen molar-refractivity contribution in [3.63, 3.8) is 0 Å². The first-order valence-corrected chi connectivity index (χ1v) is 21.6. The number of aryl methyl sites for hydroxylation is 1. The van der Waals surface area contributed by atoms with Gasteiger partial charge < -0.3 is 14.0 Å². The van der Waals surface area contributed by atoms with Gasteiger partial charge in [-0.05, 0) is 123 Å². The number of hydrogen-bond donors (Lipinski definition) is 0. The van der Waals surface area contributed by atoms with Gasteiger partial charge in [-0.25, -0.2) is 0 Å². The minimum atomic E-state index is -2.50. The topological polar surface area (TPSA) is 43.9 Å². The maximum absolute atomic E-state index is 13.5. The van der Waals surface area contributed by atoms with E-state index in [-0.39, 0.29) is 47.9 Å². The van der Waals surface area contributed by atoms with Crippen LogP contribution in [0.25, 0.3) is 82.8 Å². The molecule has 0 spiro atoms. The van der Waals surface area contributed by atoms with Gasteiger partial charge in [0, 0.05) is 50.0 Å². The Balaban J connectivity index is 0.000000174. The molecule has 1 radical (unpaired) electrons. The Morgan fingerprint density at radius 1 is 0.781 bits per heavy atom. The molecule has 10 aromatic rings. The van der Waals surface area contributed by atoms with Crippen LogP contribution in [-0.2, 0) is 37.3 Å². The van der Waals surface area contributed by atoms with Crippen molar-refractivity contribution >= 4 is 54.5 Å². The van der Waals surface area contributed by atoms with E-state index in [1.54, 1.807) is 39.0 Å². The maximum Gasteiger partial charge on any atom is 0.121 e. The first-order valence-electron chi connectivity index (χ1n) is 24.1. The van der Waals surface area contributed by atoms with Gasteiger partial charge in [-0.15, -0.1) is 48.0 Å². The van der Waals surface area contributed by atoms with Crippen LogP contribution in [0.1, 0.15) is 90.4 Å². The van der Waals surface area contributed by atoms with E-state index in [1.807, 2.05) is 36.4 Å². The van der Waals surface area contributed by atoms with Gasteiger partial charge in [0.25, 0.3) is 0 Å². The van der Waals surface area contributed by atoms with Crippen LogP contribution in [0.3, 0.4) is 0 Å². The van der Waals surface area contributed by atoms with E-state index in [2.05, 4.69) is 110 Å². The van der Waals surface area contributed by atoms with Crippen LogP contribution in [0, 0.1) is 30.2 Å². The first-order chi connectivity index (χ1) is 32.1. The molecule has 3 heterocycles. The van der Waals surface area contributed by atoms with Gasteiger partial charge >= 0.3 is 0 Å². The summed E-state index contributed by atoms with van der Waals surface area (Å²) in [5, 5.41) is 6.36. The number of pyridine rings is 1. The summed E-state index contributed by atoms with van der Waals surface area (Å²) in [7, 11) is 0. The van der Waals surface area contributed by atoms with Gasteiger partial charge in [-0.1, -0.05) is 126 Å². The van der Waals surface area contributed by atoms with E-state index < -0.39 is 18.6 Å². The molecule has 3 aromatic heterocycles. The molecule has 0 saturated heterocycles. The molecule has 323 valence electrons.